The van der Waals surface area contributed by atoms with Gasteiger partial charge in [0, 0.05) is 5.56 Å². The molecule has 0 atom stereocenters. The van der Waals surface area contributed by atoms with Gasteiger partial charge in [0.15, 0.2) is 11.3 Å². The van der Waals surface area contributed by atoms with Gasteiger partial charge in [0.1, 0.15) is 11.3 Å². The number of nitrogens with zero attached hydrogens (tertiary/aromatic N) is 3. The molecule has 0 saturated carbocycles. The van der Waals surface area contributed by atoms with Crippen LogP contribution in [0.25, 0.3) is 16.9 Å². The van der Waals surface area contributed by atoms with Crippen molar-refractivity contribution in [2.45, 2.75) is 39.5 Å². The highest BCUT2D eigenvalue weighted by molar-refractivity contribution is 6.08. The van der Waals surface area contributed by atoms with Gasteiger partial charge >= 0.3 is 12.8 Å². The fraction of sp³-hybridized carbons (Fsp3) is 0.240. The van der Waals surface area contributed by atoms with E-state index in [1.165, 1.54) is 12.1 Å². The lowest BCUT2D eigenvalue weighted by Crippen LogP contribution is -2.16. The van der Waals surface area contributed by atoms with E-state index in [1.807, 2.05) is 13.8 Å². The Balaban J connectivity index is 1.79. The summed E-state index contributed by atoms with van der Waals surface area (Å²) in [5.41, 5.74) is 0.207. The lowest BCUT2D eigenvalue weighted by atomic mass is 10.0. The van der Waals surface area contributed by atoms with Crippen LogP contribution in [0.4, 0.5) is 27.6 Å². The number of hydrogen-bond donors (Lipinski definition) is 1. The van der Waals surface area contributed by atoms with E-state index in [9.17, 15) is 26.7 Å². The second kappa shape index (κ2) is 9.56. The summed E-state index contributed by atoms with van der Waals surface area (Å²) in [7, 11) is 0. The first-order valence-electron chi connectivity index (χ1n) is 10.9. The lowest BCUT2D eigenvalue weighted by Gasteiger charge is -2.13. The molecule has 0 radical (unpaired) electrons. The molecule has 2 aromatic heterocycles. The van der Waals surface area contributed by atoms with Gasteiger partial charge in [-0.1, -0.05) is 44.2 Å². The number of rotatable bonds is 6. The summed E-state index contributed by atoms with van der Waals surface area (Å²) in [6.07, 6.45) is -3.84. The molecule has 0 bridgehead atoms. The fourth-order valence-electron chi connectivity index (χ4n) is 3.63. The summed E-state index contributed by atoms with van der Waals surface area (Å²) in [5, 5.41) is 6.13. The van der Waals surface area contributed by atoms with E-state index in [2.05, 4.69) is 20.1 Å². The molecule has 0 unspecified atom stereocenters. The van der Waals surface area contributed by atoms with Crippen molar-refractivity contribution in [3.05, 3.63) is 77.1 Å². The van der Waals surface area contributed by atoms with E-state index in [0.29, 0.717) is 15.6 Å². The van der Waals surface area contributed by atoms with E-state index in [1.54, 1.807) is 37.3 Å². The zero-order chi connectivity index (χ0) is 26.2. The number of anilines is 1. The van der Waals surface area contributed by atoms with Gasteiger partial charge < -0.3 is 10.1 Å². The van der Waals surface area contributed by atoms with Crippen LogP contribution in [0, 0.1) is 6.92 Å². The molecule has 6 nitrogen and oxygen atoms in total. The summed E-state index contributed by atoms with van der Waals surface area (Å²) >= 11 is 0. The number of halogens is 5. The highest BCUT2D eigenvalue weighted by Crippen LogP contribution is 2.34. The number of fused-ring (bicyclic) bond motifs is 1. The zero-order valence-electron chi connectivity index (χ0n) is 19.4. The molecule has 2 aromatic carbocycles. The van der Waals surface area contributed by atoms with Crippen molar-refractivity contribution >= 4 is 17.2 Å². The molecule has 0 spiro atoms. The van der Waals surface area contributed by atoms with Crippen molar-refractivity contribution in [1.82, 2.24) is 14.6 Å². The molecule has 1 amide bonds. The maximum absolute atomic E-state index is 13.9. The molecule has 0 saturated heterocycles. The molecule has 188 valence electrons. The van der Waals surface area contributed by atoms with E-state index < -0.39 is 24.4 Å². The van der Waals surface area contributed by atoms with Gasteiger partial charge in [0.05, 0.1) is 17.6 Å². The van der Waals surface area contributed by atoms with E-state index >= 15 is 0 Å². The minimum Gasteiger partial charge on any atom is -0.433 e. The Bertz CT molecular complexity index is 1410. The second-order valence-corrected chi connectivity index (χ2v) is 8.43. The van der Waals surface area contributed by atoms with E-state index in [0.717, 1.165) is 17.8 Å². The Morgan fingerprint density at radius 2 is 1.75 bits per heavy atom. The number of carbonyl (C=O) groups excluding carboxylic acids is 1. The molecule has 11 heteroatoms. The summed E-state index contributed by atoms with van der Waals surface area (Å²) in [6.45, 7) is 2.49. The van der Waals surface area contributed by atoms with Crippen molar-refractivity contribution in [1.29, 1.82) is 0 Å². The Hall–Kier alpha value is -4.02. The van der Waals surface area contributed by atoms with Gasteiger partial charge in [0.2, 0.25) is 0 Å². The standard InChI is InChI=1S/C25H21F5N4O2/c1-13(2)15-5-7-16(8-6-15)19-11-21(25(28,29)30)34-22(32-19)17(12-31-34)23(35)33-18-9-4-14(3)10-20(18)36-24(26)27/h4-13,24H,1-3H3,(H,33,35). The van der Waals surface area contributed by atoms with Crippen LogP contribution in [0.1, 0.15) is 46.9 Å². The van der Waals surface area contributed by atoms with Gasteiger partial charge in [-0.15, -0.1) is 0 Å². The van der Waals surface area contributed by atoms with Gasteiger partial charge in [-0.2, -0.15) is 27.1 Å². The topological polar surface area (TPSA) is 68.5 Å². The monoisotopic (exact) mass is 504 g/mol. The summed E-state index contributed by atoms with van der Waals surface area (Å²) in [4.78, 5) is 17.3. The molecule has 0 aliphatic rings. The number of hydrogen-bond acceptors (Lipinski definition) is 4. The maximum Gasteiger partial charge on any atom is 0.433 e. The van der Waals surface area contributed by atoms with Gasteiger partial charge in [-0.25, -0.2) is 9.50 Å². The number of aryl methyl sites for hydroxylation is 1. The molecule has 4 aromatic rings. The average Bonchev–Trinajstić information content (AvgIpc) is 3.23. The Labute approximate surface area is 202 Å². The maximum atomic E-state index is 13.9. The quantitative estimate of drug-likeness (QED) is 0.297. The molecular formula is C25H21F5N4O2. The van der Waals surface area contributed by atoms with Crippen LogP contribution in [0.5, 0.6) is 5.75 Å². The third-order valence-corrected chi connectivity index (χ3v) is 5.48. The van der Waals surface area contributed by atoms with E-state index in [-0.39, 0.29) is 34.3 Å². The predicted molar refractivity (Wildman–Crippen MR) is 123 cm³/mol. The number of ether oxygens (including phenoxy) is 1. The number of alkyl halides is 5. The first-order valence-corrected chi connectivity index (χ1v) is 10.9. The van der Waals surface area contributed by atoms with Crippen LogP contribution in [-0.4, -0.2) is 27.1 Å². The van der Waals surface area contributed by atoms with E-state index in [4.69, 9.17) is 0 Å². The first-order chi connectivity index (χ1) is 16.9. The van der Waals surface area contributed by atoms with Gasteiger partial charge in [-0.05, 0) is 42.2 Å². The van der Waals surface area contributed by atoms with Crippen molar-refractivity contribution in [3.8, 4) is 17.0 Å². The van der Waals surface area contributed by atoms with Crippen LogP contribution in [-0.2, 0) is 6.18 Å². The van der Waals surface area contributed by atoms with Crippen molar-refractivity contribution in [2.75, 3.05) is 5.32 Å². The lowest BCUT2D eigenvalue weighted by molar-refractivity contribution is -0.142. The molecule has 36 heavy (non-hydrogen) atoms. The third kappa shape index (κ3) is 5.14. The number of aromatic nitrogens is 3. The number of benzene rings is 2. The molecular weight excluding hydrogens is 483 g/mol. The molecule has 0 aliphatic heterocycles. The van der Waals surface area contributed by atoms with Crippen LogP contribution < -0.4 is 10.1 Å². The van der Waals surface area contributed by atoms with Crippen molar-refractivity contribution in [3.63, 3.8) is 0 Å². The molecule has 2 heterocycles. The number of carbonyl (C=O) groups is 1. The van der Waals surface area contributed by atoms with Gasteiger partial charge in [0.25, 0.3) is 5.91 Å². The Kier molecular flexibility index (Phi) is 6.66. The summed E-state index contributed by atoms with van der Waals surface area (Å²) in [6, 6.07) is 12.0. The normalized spacial score (nSPS) is 11.9. The van der Waals surface area contributed by atoms with Crippen molar-refractivity contribution < 1.29 is 31.5 Å². The second-order valence-electron chi connectivity index (χ2n) is 8.43. The van der Waals surface area contributed by atoms with Gasteiger partial charge in [-0.3, -0.25) is 4.79 Å². The third-order valence-electron chi connectivity index (χ3n) is 5.48. The molecule has 1 N–H and O–H groups in total. The van der Waals surface area contributed by atoms with Crippen molar-refractivity contribution in [2.24, 2.45) is 0 Å². The zero-order valence-corrected chi connectivity index (χ0v) is 19.4. The van der Waals surface area contributed by atoms with Crippen LogP contribution >= 0.6 is 0 Å². The fourth-order valence-corrected chi connectivity index (χ4v) is 3.63. The number of amides is 1. The SMILES string of the molecule is Cc1ccc(NC(=O)c2cnn3c(C(F)(F)F)cc(-c4ccc(C(C)C)cc4)nc23)c(OC(F)F)c1. The number of nitrogens with one attached hydrogen (secondary N) is 1. The Morgan fingerprint density at radius 1 is 1.06 bits per heavy atom. The van der Waals surface area contributed by atoms with Crippen LogP contribution in [0.2, 0.25) is 0 Å². The largest absolute Gasteiger partial charge is 0.433 e. The smallest absolute Gasteiger partial charge is 0.433 e. The van der Waals surface area contributed by atoms with Crippen LogP contribution in [0.15, 0.2) is 54.7 Å². The first kappa shape index (κ1) is 25.1. The minimum absolute atomic E-state index is 0.00302. The molecule has 0 aliphatic carbocycles. The highest BCUT2D eigenvalue weighted by Gasteiger charge is 2.36. The predicted octanol–water partition coefficient (Wildman–Crippen LogP) is 6.70. The minimum atomic E-state index is -4.79. The Morgan fingerprint density at radius 3 is 2.36 bits per heavy atom. The summed E-state index contributed by atoms with van der Waals surface area (Å²) < 4.78 is 72.3. The highest BCUT2D eigenvalue weighted by atomic mass is 19.4. The van der Waals surface area contributed by atoms with Crippen LogP contribution in [0.3, 0.4) is 0 Å². The molecule has 0 fully saturated rings. The average molecular weight is 504 g/mol. The molecule has 4 rings (SSSR count). The summed E-state index contributed by atoms with van der Waals surface area (Å²) in [5.74, 6) is -0.948.